The quantitative estimate of drug-likeness (QED) is 0.858. The zero-order valence-corrected chi connectivity index (χ0v) is 11.6. The zero-order valence-electron chi connectivity index (χ0n) is 11.6. The summed E-state index contributed by atoms with van der Waals surface area (Å²) in [6, 6.07) is -0.651. The number of carbonyl (C=O) groups is 1. The van der Waals surface area contributed by atoms with E-state index in [0.29, 0.717) is 6.54 Å². The van der Waals surface area contributed by atoms with Gasteiger partial charge in [0, 0.05) is 39.0 Å². The summed E-state index contributed by atoms with van der Waals surface area (Å²) in [7, 11) is 3.58. The van der Waals surface area contributed by atoms with Crippen LogP contribution in [-0.2, 0) is 16.6 Å². The summed E-state index contributed by atoms with van der Waals surface area (Å²) in [6.45, 7) is 1.40. The van der Waals surface area contributed by atoms with Crippen LogP contribution in [0.1, 0.15) is 30.9 Å². The van der Waals surface area contributed by atoms with E-state index in [1.807, 2.05) is 0 Å². The van der Waals surface area contributed by atoms with E-state index in [-0.39, 0.29) is 12.0 Å². The first-order valence-corrected chi connectivity index (χ1v) is 6.68. The summed E-state index contributed by atoms with van der Waals surface area (Å²) in [6.07, 6.45) is 6.84. The van der Waals surface area contributed by atoms with Crippen molar-refractivity contribution in [2.45, 2.75) is 31.4 Å². The van der Waals surface area contributed by atoms with Crippen molar-refractivity contribution in [3.8, 4) is 0 Å². The standard InChI is InChI=1S/C13H22N4O2/c1-16(9-11-5-3-4-6-19-11)13(18)12(14)10-7-15-17(2)8-10/h7-8,11-12H,3-6,9,14H2,1-2H3. The van der Waals surface area contributed by atoms with Gasteiger partial charge < -0.3 is 15.4 Å². The van der Waals surface area contributed by atoms with Crippen LogP contribution in [0.2, 0.25) is 0 Å². The lowest BCUT2D eigenvalue weighted by atomic mass is 10.1. The van der Waals surface area contributed by atoms with Crippen LogP contribution < -0.4 is 5.73 Å². The van der Waals surface area contributed by atoms with Crippen LogP contribution in [0.25, 0.3) is 0 Å². The van der Waals surface area contributed by atoms with Crippen molar-refractivity contribution in [3.63, 3.8) is 0 Å². The van der Waals surface area contributed by atoms with E-state index in [0.717, 1.165) is 25.0 Å². The van der Waals surface area contributed by atoms with Gasteiger partial charge in [0.1, 0.15) is 6.04 Å². The van der Waals surface area contributed by atoms with Crippen LogP contribution >= 0.6 is 0 Å². The van der Waals surface area contributed by atoms with Gasteiger partial charge in [0.15, 0.2) is 0 Å². The van der Waals surface area contributed by atoms with E-state index in [1.54, 1.807) is 36.1 Å². The van der Waals surface area contributed by atoms with Gasteiger partial charge in [0.25, 0.3) is 0 Å². The second kappa shape index (κ2) is 6.16. The van der Waals surface area contributed by atoms with Crippen LogP contribution in [0, 0.1) is 0 Å². The number of rotatable bonds is 4. The third-order valence-electron chi connectivity index (χ3n) is 3.48. The molecule has 1 amide bonds. The van der Waals surface area contributed by atoms with Gasteiger partial charge in [0.2, 0.25) is 5.91 Å². The lowest BCUT2D eigenvalue weighted by Crippen LogP contribution is -2.41. The van der Waals surface area contributed by atoms with Gasteiger partial charge in [-0.15, -0.1) is 0 Å². The monoisotopic (exact) mass is 266 g/mol. The van der Waals surface area contributed by atoms with E-state index < -0.39 is 6.04 Å². The summed E-state index contributed by atoms with van der Waals surface area (Å²) in [5, 5.41) is 4.04. The predicted molar refractivity (Wildman–Crippen MR) is 71.4 cm³/mol. The number of carbonyl (C=O) groups excluding carboxylic acids is 1. The van der Waals surface area contributed by atoms with Gasteiger partial charge in [-0.05, 0) is 19.3 Å². The molecule has 1 aromatic rings. The van der Waals surface area contributed by atoms with Crippen molar-refractivity contribution < 1.29 is 9.53 Å². The van der Waals surface area contributed by atoms with E-state index in [9.17, 15) is 4.79 Å². The second-order valence-electron chi connectivity index (χ2n) is 5.13. The number of amides is 1. The molecule has 2 unspecified atom stereocenters. The molecule has 0 aliphatic carbocycles. The van der Waals surface area contributed by atoms with Crippen molar-refractivity contribution in [2.24, 2.45) is 12.8 Å². The van der Waals surface area contributed by atoms with Crippen molar-refractivity contribution >= 4 is 5.91 Å². The molecule has 1 aromatic heterocycles. The Labute approximate surface area is 113 Å². The normalized spacial score (nSPS) is 21.1. The molecule has 2 atom stereocenters. The van der Waals surface area contributed by atoms with Crippen LogP contribution in [0.4, 0.5) is 0 Å². The summed E-state index contributed by atoms with van der Waals surface area (Å²) in [5.41, 5.74) is 6.71. The Morgan fingerprint density at radius 2 is 2.47 bits per heavy atom. The number of hydrogen-bond donors (Lipinski definition) is 1. The Morgan fingerprint density at radius 3 is 3.05 bits per heavy atom. The molecule has 0 bridgehead atoms. The molecule has 106 valence electrons. The topological polar surface area (TPSA) is 73.4 Å². The van der Waals surface area contributed by atoms with Gasteiger partial charge in [-0.25, -0.2) is 0 Å². The number of nitrogens with zero attached hydrogens (tertiary/aromatic N) is 3. The third-order valence-corrected chi connectivity index (χ3v) is 3.48. The average Bonchev–Trinajstić information content (AvgIpc) is 2.85. The third kappa shape index (κ3) is 3.54. The first-order valence-electron chi connectivity index (χ1n) is 6.68. The molecule has 2 N–H and O–H groups in total. The van der Waals surface area contributed by atoms with Crippen LogP contribution in [0.3, 0.4) is 0 Å². The molecule has 6 nitrogen and oxygen atoms in total. The van der Waals surface area contributed by atoms with Gasteiger partial charge in [-0.2, -0.15) is 5.10 Å². The van der Waals surface area contributed by atoms with Gasteiger partial charge in [-0.3, -0.25) is 9.48 Å². The molecule has 19 heavy (non-hydrogen) atoms. The molecule has 0 radical (unpaired) electrons. The van der Waals surface area contributed by atoms with Crippen molar-refractivity contribution in [2.75, 3.05) is 20.2 Å². The summed E-state index contributed by atoms with van der Waals surface area (Å²) in [5.74, 6) is -0.0952. The summed E-state index contributed by atoms with van der Waals surface area (Å²) < 4.78 is 7.28. The number of aryl methyl sites for hydroxylation is 1. The molecular formula is C13H22N4O2. The van der Waals surface area contributed by atoms with Gasteiger partial charge in [0.05, 0.1) is 12.3 Å². The molecule has 2 rings (SSSR count). The highest BCUT2D eigenvalue weighted by Gasteiger charge is 2.24. The highest BCUT2D eigenvalue weighted by molar-refractivity contribution is 5.82. The Balaban J connectivity index is 1.90. The van der Waals surface area contributed by atoms with Crippen molar-refractivity contribution in [3.05, 3.63) is 18.0 Å². The van der Waals surface area contributed by atoms with Crippen LogP contribution in [0.5, 0.6) is 0 Å². The van der Waals surface area contributed by atoms with E-state index in [1.165, 1.54) is 6.42 Å². The molecule has 0 aromatic carbocycles. The van der Waals surface area contributed by atoms with E-state index >= 15 is 0 Å². The van der Waals surface area contributed by atoms with Gasteiger partial charge in [-0.1, -0.05) is 0 Å². The molecule has 1 fully saturated rings. The molecule has 1 saturated heterocycles. The fourth-order valence-corrected chi connectivity index (χ4v) is 2.33. The highest BCUT2D eigenvalue weighted by Crippen LogP contribution is 2.16. The van der Waals surface area contributed by atoms with Crippen LogP contribution in [0.15, 0.2) is 12.4 Å². The number of hydrogen-bond acceptors (Lipinski definition) is 4. The number of likely N-dealkylation sites (N-methyl/N-ethyl adjacent to an activating group) is 1. The van der Waals surface area contributed by atoms with Gasteiger partial charge >= 0.3 is 0 Å². The maximum Gasteiger partial charge on any atom is 0.244 e. The molecule has 2 heterocycles. The minimum Gasteiger partial charge on any atom is -0.376 e. The van der Waals surface area contributed by atoms with Crippen molar-refractivity contribution in [1.29, 1.82) is 0 Å². The Bertz CT molecular complexity index is 426. The largest absolute Gasteiger partial charge is 0.376 e. The summed E-state index contributed by atoms with van der Waals surface area (Å²) in [4.78, 5) is 13.9. The molecule has 1 aliphatic rings. The predicted octanol–water partition coefficient (Wildman–Crippen LogP) is 0.447. The molecule has 1 aliphatic heterocycles. The molecule has 6 heteroatoms. The minimum absolute atomic E-state index is 0.0952. The first kappa shape index (κ1) is 14.0. The average molecular weight is 266 g/mol. The number of nitrogens with two attached hydrogens (primary N) is 1. The molecule has 0 saturated carbocycles. The fourth-order valence-electron chi connectivity index (χ4n) is 2.33. The highest BCUT2D eigenvalue weighted by atomic mass is 16.5. The lowest BCUT2D eigenvalue weighted by molar-refractivity contribution is -0.133. The maximum atomic E-state index is 12.2. The molecule has 0 spiro atoms. The van der Waals surface area contributed by atoms with E-state index in [4.69, 9.17) is 10.5 Å². The SMILES string of the molecule is CN(CC1CCCCO1)C(=O)C(N)c1cnn(C)c1. The minimum atomic E-state index is -0.651. The van der Waals surface area contributed by atoms with Crippen LogP contribution in [-0.4, -0.2) is 46.9 Å². The number of aromatic nitrogens is 2. The van der Waals surface area contributed by atoms with E-state index in [2.05, 4.69) is 5.10 Å². The lowest BCUT2D eigenvalue weighted by Gasteiger charge is -2.28. The Hall–Kier alpha value is -1.40. The Kier molecular flexibility index (Phi) is 4.55. The smallest absolute Gasteiger partial charge is 0.244 e. The summed E-state index contributed by atoms with van der Waals surface area (Å²) >= 11 is 0. The fraction of sp³-hybridized carbons (Fsp3) is 0.692. The van der Waals surface area contributed by atoms with Crippen molar-refractivity contribution in [1.82, 2.24) is 14.7 Å². The second-order valence-corrected chi connectivity index (χ2v) is 5.13. The maximum absolute atomic E-state index is 12.2. The number of ether oxygens (including phenoxy) is 1. The zero-order chi connectivity index (χ0) is 13.8. The molecular weight excluding hydrogens is 244 g/mol. The Morgan fingerprint density at radius 1 is 1.68 bits per heavy atom. The first-order chi connectivity index (χ1) is 9.08.